The first-order valence-electron chi connectivity index (χ1n) is 4.35. The maximum Gasteiger partial charge on any atom is 0.252 e. The molecule has 0 bridgehead atoms. The van der Waals surface area contributed by atoms with Gasteiger partial charge in [-0.1, -0.05) is 0 Å². The van der Waals surface area contributed by atoms with Gasteiger partial charge < -0.3 is 15.0 Å². The highest BCUT2D eigenvalue weighted by atomic mass is 16.5. The first-order valence-corrected chi connectivity index (χ1v) is 4.35. The van der Waals surface area contributed by atoms with Crippen LogP contribution in [0.3, 0.4) is 0 Å². The van der Waals surface area contributed by atoms with E-state index in [1.807, 2.05) is 13.8 Å². The molecule has 1 heterocycles. The van der Waals surface area contributed by atoms with Crippen LogP contribution in [0.5, 0.6) is 0 Å². The zero-order chi connectivity index (χ0) is 10.6. The number of rotatable bonds is 4. The van der Waals surface area contributed by atoms with E-state index in [4.69, 9.17) is 4.74 Å². The molecule has 5 heteroatoms. The molecule has 5 nitrogen and oxygen atoms in total. The molecule has 14 heavy (non-hydrogen) atoms. The predicted molar refractivity (Wildman–Crippen MR) is 54.4 cm³/mol. The molecule has 0 saturated carbocycles. The number of aromatic nitrogens is 2. The molecule has 0 radical (unpaired) electrons. The van der Waals surface area contributed by atoms with E-state index in [9.17, 15) is 4.79 Å². The van der Waals surface area contributed by atoms with Crippen molar-refractivity contribution in [3.8, 4) is 0 Å². The van der Waals surface area contributed by atoms with Crippen molar-refractivity contribution in [2.75, 3.05) is 19.0 Å². The topological polar surface area (TPSA) is 67.0 Å². The van der Waals surface area contributed by atoms with Crippen LogP contribution in [0.4, 0.5) is 5.82 Å². The van der Waals surface area contributed by atoms with Crippen molar-refractivity contribution in [1.82, 2.24) is 9.97 Å². The van der Waals surface area contributed by atoms with E-state index < -0.39 is 0 Å². The number of hydrogen-bond donors (Lipinski definition) is 2. The Bertz CT molecular complexity index is 346. The summed E-state index contributed by atoms with van der Waals surface area (Å²) in [6.45, 7) is 4.49. The number of anilines is 1. The van der Waals surface area contributed by atoms with Gasteiger partial charge in [0.15, 0.2) is 0 Å². The molecule has 0 saturated heterocycles. The first kappa shape index (κ1) is 10.7. The molecule has 0 atom stereocenters. The lowest BCUT2D eigenvalue weighted by molar-refractivity contribution is 0.158. The highest BCUT2D eigenvalue weighted by Crippen LogP contribution is 2.10. The molecule has 2 N–H and O–H groups in total. The Morgan fingerprint density at radius 2 is 2.36 bits per heavy atom. The van der Waals surface area contributed by atoms with Crippen LogP contribution in [-0.2, 0) is 4.74 Å². The summed E-state index contributed by atoms with van der Waals surface area (Å²) in [4.78, 5) is 17.4. The minimum atomic E-state index is -0.241. The second-order valence-electron chi connectivity index (χ2n) is 3.74. The van der Waals surface area contributed by atoms with Gasteiger partial charge in [0.2, 0.25) is 0 Å². The Hall–Kier alpha value is -1.36. The second kappa shape index (κ2) is 4.23. The van der Waals surface area contributed by atoms with Gasteiger partial charge in [-0.25, -0.2) is 4.98 Å². The van der Waals surface area contributed by atoms with E-state index in [1.54, 1.807) is 7.11 Å². The van der Waals surface area contributed by atoms with Gasteiger partial charge in [-0.3, -0.25) is 4.79 Å². The molecular formula is C9H15N3O2. The average Bonchev–Trinajstić information content (AvgIpc) is 2.02. The quantitative estimate of drug-likeness (QED) is 0.742. The van der Waals surface area contributed by atoms with Crippen molar-refractivity contribution in [2.45, 2.75) is 19.4 Å². The SMILES string of the molecule is COCC(C)(C)Nc1cc(=O)[nH]cn1. The van der Waals surface area contributed by atoms with Crippen LogP contribution in [-0.4, -0.2) is 29.2 Å². The van der Waals surface area contributed by atoms with E-state index in [2.05, 4.69) is 15.3 Å². The number of nitrogens with one attached hydrogen (secondary N) is 2. The summed E-state index contributed by atoms with van der Waals surface area (Å²) in [6, 6.07) is 1.41. The summed E-state index contributed by atoms with van der Waals surface area (Å²) >= 11 is 0. The molecule has 0 aliphatic carbocycles. The van der Waals surface area contributed by atoms with Crippen LogP contribution in [0.2, 0.25) is 0 Å². The molecule has 0 fully saturated rings. The maximum absolute atomic E-state index is 11.0. The lowest BCUT2D eigenvalue weighted by atomic mass is 10.1. The Labute approximate surface area is 82.5 Å². The van der Waals surface area contributed by atoms with Gasteiger partial charge in [-0.2, -0.15) is 0 Å². The summed E-state index contributed by atoms with van der Waals surface area (Å²) in [5.74, 6) is 0.552. The molecule has 0 aliphatic rings. The summed E-state index contributed by atoms with van der Waals surface area (Å²) in [6.07, 6.45) is 1.37. The van der Waals surface area contributed by atoms with Crippen molar-refractivity contribution < 1.29 is 4.74 Å². The third kappa shape index (κ3) is 3.18. The Morgan fingerprint density at radius 3 is 2.93 bits per heavy atom. The zero-order valence-electron chi connectivity index (χ0n) is 8.63. The van der Waals surface area contributed by atoms with Crippen LogP contribution in [0.1, 0.15) is 13.8 Å². The van der Waals surface area contributed by atoms with Gasteiger partial charge in [0.05, 0.1) is 18.5 Å². The molecule has 1 rings (SSSR count). The second-order valence-corrected chi connectivity index (χ2v) is 3.74. The average molecular weight is 197 g/mol. The molecule has 0 unspecified atom stereocenters. The van der Waals surface area contributed by atoms with Crippen LogP contribution in [0, 0.1) is 0 Å². The fraction of sp³-hybridized carbons (Fsp3) is 0.556. The zero-order valence-corrected chi connectivity index (χ0v) is 8.63. The van der Waals surface area contributed by atoms with Crippen molar-refractivity contribution in [1.29, 1.82) is 0 Å². The van der Waals surface area contributed by atoms with Crippen LogP contribution >= 0.6 is 0 Å². The van der Waals surface area contributed by atoms with Crippen molar-refractivity contribution >= 4 is 5.82 Å². The van der Waals surface area contributed by atoms with Gasteiger partial charge in [0.1, 0.15) is 5.82 Å². The standard InChI is InChI=1S/C9H15N3O2/c1-9(2,5-14-3)12-7-4-8(13)11-6-10-7/h4,6H,5H2,1-3H3,(H2,10,11,12,13). The summed E-state index contributed by atoms with van der Waals surface area (Å²) in [5, 5.41) is 3.10. The lowest BCUT2D eigenvalue weighted by Gasteiger charge is -2.25. The molecule has 0 amide bonds. The lowest BCUT2D eigenvalue weighted by Crippen LogP contribution is -2.36. The summed E-state index contributed by atoms with van der Waals surface area (Å²) in [7, 11) is 1.63. The molecule has 78 valence electrons. The van der Waals surface area contributed by atoms with Gasteiger partial charge in [-0.05, 0) is 13.8 Å². The molecule has 1 aromatic rings. The van der Waals surface area contributed by atoms with Crippen LogP contribution in [0.15, 0.2) is 17.2 Å². The summed E-state index contributed by atoms with van der Waals surface area (Å²) in [5.41, 5.74) is -0.411. The fourth-order valence-corrected chi connectivity index (χ4v) is 1.18. The normalized spacial score (nSPS) is 11.4. The minimum absolute atomic E-state index is 0.171. The van der Waals surface area contributed by atoms with E-state index in [1.165, 1.54) is 12.4 Å². The Balaban J connectivity index is 2.73. The highest BCUT2D eigenvalue weighted by Gasteiger charge is 2.17. The van der Waals surface area contributed by atoms with Gasteiger partial charge in [0.25, 0.3) is 5.56 Å². The highest BCUT2D eigenvalue weighted by molar-refractivity contribution is 5.34. The van der Waals surface area contributed by atoms with E-state index >= 15 is 0 Å². The molecular weight excluding hydrogens is 182 g/mol. The Kier molecular flexibility index (Phi) is 3.24. The molecule has 0 aromatic carbocycles. The molecule has 0 spiro atoms. The fourth-order valence-electron chi connectivity index (χ4n) is 1.18. The monoisotopic (exact) mass is 197 g/mol. The van der Waals surface area contributed by atoms with Gasteiger partial charge in [-0.15, -0.1) is 0 Å². The number of ether oxygens (including phenoxy) is 1. The van der Waals surface area contributed by atoms with Crippen molar-refractivity contribution in [2.24, 2.45) is 0 Å². The maximum atomic E-state index is 11.0. The number of hydrogen-bond acceptors (Lipinski definition) is 4. The Morgan fingerprint density at radius 1 is 1.64 bits per heavy atom. The minimum Gasteiger partial charge on any atom is -0.382 e. The number of H-pyrrole nitrogens is 1. The third-order valence-corrected chi connectivity index (χ3v) is 1.65. The molecule has 0 aliphatic heterocycles. The largest absolute Gasteiger partial charge is 0.382 e. The van der Waals surface area contributed by atoms with E-state index in [0.717, 1.165) is 0 Å². The van der Waals surface area contributed by atoms with E-state index in [0.29, 0.717) is 12.4 Å². The predicted octanol–water partition coefficient (Wildman–Crippen LogP) is 0.607. The van der Waals surface area contributed by atoms with E-state index in [-0.39, 0.29) is 11.1 Å². The van der Waals surface area contributed by atoms with Crippen molar-refractivity contribution in [3.05, 3.63) is 22.7 Å². The van der Waals surface area contributed by atoms with Gasteiger partial charge >= 0.3 is 0 Å². The number of aromatic amines is 1. The van der Waals surface area contributed by atoms with Crippen LogP contribution in [0.25, 0.3) is 0 Å². The first-order chi connectivity index (χ1) is 6.53. The molecule has 1 aromatic heterocycles. The smallest absolute Gasteiger partial charge is 0.252 e. The summed E-state index contributed by atoms with van der Waals surface area (Å²) < 4.78 is 5.03. The third-order valence-electron chi connectivity index (χ3n) is 1.65. The number of methoxy groups -OCH3 is 1. The van der Waals surface area contributed by atoms with Gasteiger partial charge in [0, 0.05) is 13.2 Å². The van der Waals surface area contributed by atoms with Crippen molar-refractivity contribution in [3.63, 3.8) is 0 Å². The van der Waals surface area contributed by atoms with Crippen LogP contribution < -0.4 is 10.9 Å². The number of nitrogens with zero attached hydrogens (tertiary/aromatic N) is 1.